The van der Waals surface area contributed by atoms with Crippen molar-refractivity contribution >= 4 is 28.6 Å². The number of hydrogen-bond donors (Lipinski definition) is 2. The number of unbranched alkanes of at least 4 members (excludes halogenated alkanes) is 1. The second-order valence-corrected chi connectivity index (χ2v) is 11.2. The number of urea groups is 1. The maximum atomic E-state index is 12.5. The highest BCUT2D eigenvalue weighted by atomic mass is 32.2. The number of aryl methyl sites for hydroxylation is 3. The second-order valence-electron chi connectivity index (χ2n) is 10.2. The number of nitrogens with zero attached hydrogens (tertiary/aromatic N) is 5. The van der Waals surface area contributed by atoms with Crippen molar-refractivity contribution in [3.8, 4) is 22.8 Å². The van der Waals surface area contributed by atoms with Crippen molar-refractivity contribution in [3.05, 3.63) is 89.7 Å². The van der Waals surface area contributed by atoms with Gasteiger partial charge in [0, 0.05) is 17.9 Å². The number of alkyl halides is 3. The summed E-state index contributed by atoms with van der Waals surface area (Å²) >= 11 is 1.36. The average molecular weight is 625 g/mol. The highest BCUT2D eigenvalue weighted by Gasteiger charge is 2.32. The Morgan fingerprint density at radius 1 is 1.07 bits per heavy atom. The van der Waals surface area contributed by atoms with Crippen LogP contribution in [0.1, 0.15) is 29.5 Å². The van der Waals surface area contributed by atoms with Crippen LogP contribution >= 0.6 is 11.8 Å². The van der Waals surface area contributed by atoms with Crippen LogP contribution in [0.25, 0.3) is 17.1 Å². The number of carbonyl (C=O) groups excluding carboxylic acids is 1. The van der Waals surface area contributed by atoms with Crippen LogP contribution in [0.3, 0.4) is 0 Å². The lowest BCUT2D eigenvalue weighted by Gasteiger charge is -2.25. The van der Waals surface area contributed by atoms with Crippen LogP contribution < -0.4 is 15.0 Å². The summed E-state index contributed by atoms with van der Waals surface area (Å²) in [6.45, 7) is 4.43. The van der Waals surface area contributed by atoms with E-state index in [-0.39, 0.29) is 5.75 Å². The number of thioether (sulfide) groups is 1. The van der Waals surface area contributed by atoms with Gasteiger partial charge in [-0.3, -0.25) is 4.90 Å². The average Bonchev–Trinajstić information content (AvgIpc) is 3.60. The number of amidine groups is 1. The fraction of sp³-hybridized carbons (Fsp3) is 0.290. The molecule has 0 bridgehead atoms. The lowest BCUT2D eigenvalue weighted by atomic mass is 10.1. The van der Waals surface area contributed by atoms with Gasteiger partial charge in [0.1, 0.15) is 18.3 Å². The van der Waals surface area contributed by atoms with Crippen LogP contribution in [-0.4, -0.2) is 56.0 Å². The summed E-state index contributed by atoms with van der Waals surface area (Å²) < 4.78 is 42.5. The molecule has 5 rings (SSSR count). The molecule has 2 amide bonds. The lowest BCUT2D eigenvalue weighted by molar-refractivity contribution is -0.274. The number of rotatable bonds is 9. The maximum absolute atomic E-state index is 12.5. The van der Waals surface area contributed by atoms with Crippen molar-refractivity contribution in [1.29, 1.82) is 0 Å². The first kappa shape index (κ1) is 31.1. The van der Waals surface area contributed by atoms with Gasteiger partial charge in [-0.15, -0.1) is 18.3 Å². The Labute approximate surface area is 256 Å². The summed E-state index contributed by atoms with van der Waals surface area (Å²) in [5.74, 6) is 0.618. The van der Waals surface area contributed by atoms with E-state index in [4.69, 9.17) is 0 Å². The molecule has 2 heterocycles. The van der Waals surface area contributed by atoms with E-state index in [0.717, 1.165) is 47.2 Å². The molecule has 13 heteroatoms. The smallest absolute Gasteiger partial charge is 0.406 e. The Morgan fingerprint density at radius 2 is 1.77 bits per heavy atom. The third kappa shape index (κ3) is 7.77. The molecule has 0 radical (unpaired) electrons. The van der Waals surface area contributed by atoms with Gasteiger partial charge in [-0.25, -0.2) is 14.5 Å². The molecule has 230 valence electrons. The van der Waals surface area contributed by atoms with Crippen LogP contribution in [-0.2, 0) is 6.42 Å². The molecule has 1 fully saturated rings. The fourth-order valence-electron chi connectivity index (χ4n) is 4.85. The van der Waals surface area contributed by atoms with Crippen LogP contribution in [0, 0.1) is 13.8 Å². The quantitative estimate of drug-likeness (QED) is 0.208. The number of aliphatic hydroxyl groups excluding tert-OH is 1. The maximum Gasteiger partial charge on any atom is 0.573 e. The summed E-state index contributed by atoms with van der Waals surface area (Å²) in [6.07, 6.45) is -1.54. The summed E-state index contributed by atoms with van der Waals surface area (Å²) in [5, 5.41) is 18.3. The number of hydrogen-bond acceptors (Lipinski definition) is 6. The molecule has 1 aliphatic rings. The third-order valence-electron chi connectivity index (χ3n) is 6.95. The molecule has 1 saturated heterocycles. The van der Waals surface area contributed by atoms with Gasteiger partial charge in [0.15, 0.2) is 11.0 Å². The Balaban J connectivity index is 1.08. The van der Waals surface area contributed by atoms with Gasteiger partial charge in [-0.05, 0) is 74.1 Å². The number of carbonyl (C=O) groups is 1. The molecule has 1 aromatic heterocycles. The summed E-state index contributed by atoms with van der Waals surface area (Å²) in [6, 6.07) is 18.7. The van der Waals surface area contributed by atoms with Crippen LogP contribution in [0.4, 0.5) is 23.7 Å². The number of aromatic nitrogens is 3. The van der Waals surface area contributed by atoms with E-state index in [0.29, 0.717) is 29.0 Å². The predicted molar refractivity (Wildman–Crippen MR) is 164 cm³/mol. The number of amides is 2. The van der Waals surface area contributed by atoms with Crippen molar-refractivity contribution in [2.75, 3.05) is 17.2 Å². The summed E-state index contributed by atoms with van der Waals surface area (Å²) in [7, 11) is 0. The van der Waals surface area contributed by atoms with E-state index in [1.54, 1.807) is 4.90 Å². The molecule has 44 heavy (non-hydrogen) atoms. The Hall–Kier alpha value is -4.36. The molecule has 1 unspecified atom stereocenters. The van der Waals surface area contributed by atoms with E-state index in [2.05, 4.69) is 25.1 Å². The summed E-state index contributed by atoms with van der Waals surface area (Å²) in [5.41, 5.74) is 5.37. The zero-order chi connectivity index (χ0) is 31.3. The van der Waals surface area contributed by atoms with Crippen LogP contribution in [0.5, 0.6) is 5.75 Å². The third-order valence-corrected chi connectivity index (χ3v) is 7.96. The molecule has 9 nitrogen and oxygen atoms in total. The first-order valence-corrected chi connectivity index (χ1v) is 15.0. The molecule has 0 aliphatic carbocycles. The number of benzene rings is 3. The first-order valence-electron chi connectivity index (χ1n) is 14.0. The minimum absolute atomic E-state index is 0.308. The number of para-hydroxylation sites is 1. The van der Waals surface area contributed by atoms with Crippen molar-refractivity contribution in [3.63, 3.8) is 0 Å². The molecule has 1 aliphatic heterocycles. The molecular formula is C31H31F3N6O3S. The van der Waals surface area contributed by atoms with Gasteiger partial charge in [0.2, 0.25) is 0 Å². The summed E-state index contributed by atoms with van der Waals surface area (Å²) in [4.78, 5) is 22.8. The van der Waals surface area contributed by atoms with Gasteiger partial charge in [0.25, 0.3) is 0 Å². The molecule has 3 aromatic carbocycles. The topological polar surface area (TPSA) is 105 Å². The normalized spacial score (nSPS) is 16.0. The van der Waals surface area contributed by atoms with E-state index in [9.17, 15) is 23.1 Å². The van der Waals surface area contributed by atoms with Crippen molar-refractivity contribution in [2.24, 2.45) is 4.99 Å². The molecule has 1 atom stereocenters. The largest absolute Gasteiger partial charge is 0.573 e. The lowest BCUT2D eigenvalue weighted by Crippen LogP contribution is -2.36. The van der Waals surface area contributed by atoms with E-state index in [1.165, 1.54) is 47.0 Å². The van der Waals surface area contributed by atoms with Gasteiger partial charge in [-0.1, -0.05) is 54.2 Å². The van der Waals surface area contributed by atoms with Gasteiger partial charge in [0.05, 0.1) is 11.4 Å². The molecule has 0 saturated carbocycles. The minimum Gasteiger partial charge on any atom is -0.406 e. The molecule has 4 aromatic rings. The van der Waals surface area contributed by atoms with E-state index < -0.39 is 18.6 Å². The van der Waals surface area contributed by atoms with Crippen LogP contribution in [0.2, 0.25) is 0 Å². The Bertz CT molecular complexity index is 1600. The number of aliphatic imine (C=N–C) groups is 1. The zero-order valence-electron chi connectivity index (χ0n) is 24.1. The number of nitrogens with one attached hydrogen (secondary N) is 1. The van der Waals surface area contributed by atoms with Gasteiger partial charge >= 0.3 is 12.4 Å². The Morgan fingerprint density at radius 3 is 2.45 bits per heavy atom. The van der Waals surface area contributed by atoms with Crippen molar-refractivity contribution in [2.45, 2.75) is 45.7 Å². The van der Waals surface area contributed by atoms with E-state index >= 15 is 0 Å². The number of halogens is 3. The SMILES string of the molecule is Cc1cccc(C)c1N1C(=NC(=O)NCCCCc2ccc(-c3ncn(-c4ccc(OC(F)(F)F)cc4)n3)cc2)SCC1O. The Kier molecular flexibility index (Phi) is 9.55. The minimum atomic E-state index is -4.75. The highest BCUT2D eigenvalue weighted by molar-refractivity contribution is 8.14. The standard InChI is InChI=1S/C31H31F3N6O3S/c1-20-6-5-7-21(2)27(20)40-26(41)18-44-30(40)37-29(42)35-17-4-3-8-22-9-11-23(12-10-22)28-36-19-39(38-28)24-13-15-25(16-14-24)43-31(32,33)34/h5-7,9-16,19,26,41H,3-4,8,17-18H2,1-2H3,(H,35,42). The molecule has 0 spiro atoms. The second kappa shape index (κ2) is 13.5. The zero-order valence-corrected chi connectivity index (χ0v) is 24.9. The fourth-order valence-corrected chi connectivity index (χ4v) is 5.80. The predicted octanol–water partition coefficient (Wildman–Crippen LogP) is 6.41. The van der Waals surface area contributed by atoms with Gasteiger partial charge < -0.3 is 15.2 Å². The highest BCUT2D eigenvalue weighted by Crippen LogP contribution is 2.34. The van der Waals surface area contributed by atoms with Crippen LogP contribution in [0.15, 0.2) is 78.0 Å². The molecular weight excluding hydrogens is 593 g/mol. The first-order chi connectivity index (χ1) is 21.1. The van der Waals surface area contributed by atoms with Gasteiger partial charge in [-0.2, -0.15) is 4.99 Å². The number of ether oxygens (including phenoxy) is 1. The number of anilines is 1. The van der Waals surface area contributed by atoms with E-state index in [1.807, 2.05) is 56.3 Å². The number of aliphatic hydroxyl groups is 1. The monoisotopic (exact) mass is 624 g/mol. The van der Waals surface area contributed by atoms with Crippen molar-refractivity contribution in [1.82, 2.24) is 20.1 Å². The molecule has 2 N–H and O–H groups in total. The van der Waals surface area contributed by atoms with Crippen molar-refractivity contribution < 1.29 is 27.8 Å².